The molecule has 0 aliphatic carbocycles. The van der Waals surface area contributed by atoms with Crippen molar-refractivity contribution in [1.29, 1.82) is 0 Å². The van der Waals surface area contributed by atoms with E-state index in [0.29, 0.717) is 43.0 Å². The van der Waals surface area contributed by atoms with Crippen LogP contribution in [0.15, 0.2) is 42.6 Å². The van der Waals surface area contributed by atoms with Crippen molar-refractivity contribution >= 4 is 23.5 Å². The molecule has 1 aliphatic heterocycles. The molecule has 0 radical (unpaired) electrons. The number of hydrogen-bond acceptors (Lipinski definition) is 6. The number of hydrogen-bond donors (Lipinski definition) is 2. The highest BCUT2D eigenvalue weighted by molar-refractivity contribution is 6.30. The summed E-state index contributed by atoms with van der Waals surface area (Å²) >= 11 is 5.82. The first-order chi connectivity index (χ1) is 12.6. The molecule has 9 heteroatoms. The minimum Gasteiger partial charge on any atom is -0.439 e. The number of hydrazine groups is 1. The SMILES string of the molecule is O=C(NC(=O)c1ccc(Oc2ccc(Cl)cc2)nc1)NN1CCOCC1. The maximum atomic E-state index is 12.1. The van der Waals surface area contributed by atoms with Crippen LogP contribution in [0.2, 0.25) is 5.02 Å². The minimum absolute atomic E-state index is 0.241. The van der Waals surface area contributed by atoms with Crippen LogP contribution in [0.25, 0.3) is 0 Å². The number of aromatic nitrogens is 1. The predicted molar refractivity (Wildman–Crippen MR) is 94.2 cm³/mol. The number of carbonyl (C=O) groups is 2. The van der Waals surface area contributed by atoms with Crippen LogP contribution >= 0.6 is 11.6 Å². The molecular weight excluding hydrogens is 360 g/mol. The van der Waals surface area contributed by atoms with E-state index in [1.165, 1.54) is 12.3 Å². The molecular formula is C17H17ClN4O4. The van der Waals surface area contributed by atoms with Crippen molar-refractivity contribution in [3.8, 4) is 11.6 Å². The molecule has 136 valence electrons. The fraction of sp³-hybridized carbons (Fsp3) is 0.235. The number of imide groups is 1. The Morgan fingerprint density at radius 2 is 1.85 bits per heavy atom. The van der Waals surface area contributed by atoms with Gasteiger partial charge in [0, 0.05) is 30.4 Å². The van der Waals surface area contributed by atoms with E-state index >= 15 is 0 Å². The van der Waals surface area contributed by atoms with Crippen molar-refractivity contribution < 1.29 is 19.1 Å². The number of ether oxygens (including phenoxy) is 2. The highest BCUT2D eigenvalue weighted by Crippen LogP contribution is 2.21. The highest BCUT2D eigenvalue weighted by atomic mass is 35.5. The molecule has 8 nitrogen and oxygen atoms in total. The number of urea groups is 1. The number of pyridine rings is 1. The van der Waals surface area contributed by atoms with Crippen LogP contribution in [0.1, 0.15) is 10.4 Å². The number of rotatable bonds is 4. The lowest BCUT2D eigenvalue weighted by atomic mass is 10.2. The Bertz CT molecular complexity index is 761. The van der Waals surface area contributed by atoms with Gasteiger partial charge >= 0.3 is 6.03 Å². The summed E-state index contributed by atoms with van der Waals surface area (Å²) in [5, 5.41) is 4.54. The Balaban J connectivity index is 1.52. The van der Waals surface area contributed by atoms with Crippen LogP contribution in [-0.2, 0) is 4.74 Å². The number of nitrogens with one attached hydrogen (secondary N) is 2. The van der Waals surface area contributed by atoms with Gasteiger partial charge in [-0.1, -0.05) is 11.6 Å². The molecule has 2 aromatic rings. The Hall–Kier alpha value is -2.68. The van der Waals surface area contributed by atoms with Gasteiger partial charge in [0.15, 0.2) is 0 Å². The number of amides is 3. The van der Waals surface area contributed by atoms with Gasteiger partial charge in [0.05, 0.1) is 18.8 Å². The first kappa shape index (κ1) is 18.1. The van der Waals surface area contributed by atoms with Crippen molar-refractivity contribution in [2.45, 2.75) is 0 Å². The first-order valence-corrected chi connectivity index (χ1v) is 8.32. The zero-order valence-electron chi connectivity index (χ0n) is 13.8. The van der Waals surface area contributed by atoms with Crippen LogP contribution in [0.4, 0.5) is 4.79 Å². The molecule has 0 saturated carbocycles. The molecule has 0 spiro atoms. The smallest absolute Gasteiger partial charge is 0.336 e. The normalized spacial score (nSPS) is 14.5. The van der Waals surface area contributed by atoms with E-state index in [0.717, 1.165) is 0 Å². The summed E-state index contributed by atoms with van der Waals surface area (Å²) in [5.74, 6) is 0.340. The predicted octanol–water partition coefficient (Wildman–Crippen LogP) is 2.21. The number of benzene rings is 1. The largest absolute Gasteiger partial charge is 0.439 e. The second-order valence-corrected chi connectivity index (χ2v) is 5.87. The molecule has 1 fully saturated rings. The van der Waals surface area contributed by atoms with Crippen molar-refractivity contribution in [1.82, 2.24) is 20.7 Å². The van der Waals surface area contributed by atoms with Crippen molar-refractivity contribution in [2.24, 2.45) is 0 Å². The minimum atomic E-state index is -0.599. The molecule has 1 aromatic carbocycles. The third-order valence-corrected chi connectivity index (χ3v) is 3.78. The van der Waals surface area contributed by atoms with E-state index in [1.54, 1.807) is 35.3 Å². The van der Waals surface area contributed by atoms with E-state index in [2.05, 4.69) is 15.7 Å². The maximum Gasteiger partial charge on any atom is 0.336 e. The maximum absolute atomic E-state index is 12.1. The van der Waals surface area contributed by atoms with Crippen molar-refractivity contribution in [2.75, 3.05) is 26.3 Å². The summed E-state index contributed by atoms with van der Waals surface area (Å²) in [5.41, 5.74) is 2.84. The lowest BCUT2D eigenvalue weighted by molar-refractivity contribution is 0.0196. The Morgan fingerprint density at radius 3 is 2.50 bits per heavy atom. The van der Waals surface area contributed by atoms with Crippen LogP contribution < -0.4 is 15.5 Å². The van der Waals surface area contributed by atoms with Crippen LogP contribution in [0, 0.1) is 0 Å². The van der Waals surface area contributed by atoms with Crippen LogP contribution in [-0.4, -0.2) is 48.2 Å². The third-order valence-electron chi connectivity index (χ3n) is 3.53. The molecule has 1 saturated heterocycles. The van der Waals surface area contributed by atoms with Gasteiger partial charge in [-0.25, -0.2) is 14.8 Å². The topological polar surface area (TPSA) is 92.8 Å². The van der Waals surface area contributed by atoms with Gasteiger partial charge in [-0.15, -0.1) is 0 Å². The quantitative estimate of drug-likeness (QED) is 0.849. The summed E-state index contributed by atoms with van der Waals surface area (Å²) in [6, 6.07) is 9.29. The monoisotopic (exact) mass is 376 g/mol. The van der Waals surface area contributed by atoms with Gasteiger partial charge in [-0.2, -0.15) is 0 Å². The summed E-state index contributed by atoms with van der Waals surface area (Å²) in [4.78, 5) is 28.0. The van der Waals surface area contributed by atoms with Gasteiger partial charge in [0.25, 0.3) is 5.91 Å². The first-order valence-electron chi connectivity index (χ1n) is 7.94. The number of morpholine rings is 1. The molecule has 2 heterocycles. The lowest BCUT2D eigenvalue weighted by Gasteiger charge is -2.26. The second kappa shape index (κ2) is 8.61. The van der Waals surface area contributed by atoms with E-state index in [4.69, 9.17) is 21.1 Å². The van der Waals surface area contributed by atoms with E-state index in [9.17, 15) is 9.59 Å². The summed E-state index contributed by atoms with van der Waals surface area (Å²) in [7, 11) is 0. The van der Waals surface area contributed by atoms with Crippen LogP contribution in [0.3, 0.4) is 0 Å². The average Bonchev–Trinajstić information content (AvgIpc) is 2.65. The zero-order chi connectivity index (χ0) is 18.4. The molecule has 3 amide bonds. The number of carbonyl (C=O) groups excluding carboxylic acids is 2. The van der Waals surface area contributed by atoms with E-state index in [-0.39, 0.29) is 5.56 Å². The molecule has 2 N–H and O–H groups in total. The highest BCUT2D eigenvalue weighted by Gasteiger charge is 2.16. The van der Waals surface area contributed by atoms with Gasteiger partial charge in [0.2, 0.25) is 5.88 Å². The third kappa shape index (κ3) is 5.16. The van der Waals surface area contributed by atoms with Gasteiger partial charge in [0.1, 0.15) is 5.75 Å². The lowest BCUT2D eigenvalue weighted by Crippen LogP contribution is -2.52. The molecule has 0 unspecified atom stereocenters. The Kier molecular flexibility index (Phi) is 6.00. The standard InChI is InChI=1S/C17H17ClN4O4/c18-13-2-4-14(5-3-13)26-15-6-1-12(11-19-15)16(23)20-17(24)21-22-7-9-25-10-8-22/h1-6,11H,7-10H2,(H2,20,21,23,24). The molecule has 0 atom stereocenters. The van der Waals surface area contributed by atoms with Crippen LogP contribution in [0.5, 0.6) is 11.6 Å². The second-order valence-electron chi connectivity index (χ2n) is 5.44. The molecule has 26 heavy (non-hydrogen) atoms. The number of halogens is 1. The van der Waals surface area contributed by atoms with Crippen molar-refractivity contribution in [3.63, 3.8) is 0 Å². The Labute approximate surface area is 155 Å². The van der Waals surface area contributed by atoms with E-state index in [1.807, 2.05) is 0 Å². The Morgan fingerprint density at radius 1 is 1.12 bits per heavy atom. The van der Waals surface area contributed by atoms with Crippen molar-refractivity contribution in [3.05, 3.63) is 53.2 Å². The molecule has 1 aromatic heterocycles. The summed E-state index contributed by atoms with van der Waals surface area (Å²) in [6.45, 7) is 2.21. The zero-order valence-corrected chi connectivity index (χ0v) is 14.5. The summed E-state index contributed by atoms with van der Waals surface area (Å²) < 4.78 is 10.7. The fourth-order valence-corrected chi connectivity index (χ4v) is 2.35. The fourth-order valence-electron chi connectivity index (χ4n) is 2.22. The van der Waals surface area contributed by atoms with Gasteiger partial charge in [-0.3, -0.25) is 15.5 Å². The summed E-state index contributed by atoms with van der Waals surface area (Å²) in [6.07, 6.45) is 1.34. The molecule has 1 aliphatic rings. The molecule has 3 rings (SSSR count). The van der Waals surface area contributed by atoms with Gasteiger partial charge < -0.3 is 9.47 Å². The van der Waals surface area contributed by atoms with Gasteiger partial charge in [-0.05, 0) is 30.3 Å². The average molecular weight is 377 g/mol. The number of nitrogens with zero attached hydrogens (tertiary/aromatic N) is 2. The molecule has 0 bridgehead atoms. The van der Waals surface area contributed by atoms with E-state index < -0.39 is 11.9 Å².